The first-order valence-corrected chi connectivity index (χ1v) is 10.8. The molecule has 2 aromatic carbocycles. The highest BCUT2D eigenvalue weighted by Gasteiger charge is 2.40. The van der Waals surface area contributed by atoms with Crippen molar-refractivity contribution in [3.05, 3.63) is 70.3 Å². The van der Waals surface area contributed by atoms with Gasteiger partial charge < -0.3 is 10.6 Å². The van der Waals surface area contributed by atoms with Crippen molar-refractivity contribution in [3.63, 3.8) is 0 Å². The Morgan fingerprint density at radius 3 is 2.68 bits per heavy atom. The molecule has 0 bridgehead atoms. The lowest BCUT2D eigenvalue weighted by Gasteiger charge is -2.37. The minimum absolute atomic E-state index is 0.134. The standard InChI is InChI=1S/C24H26N4O3/c25-12-21-17-6-2-1-4-15(17)10-11-27(21)13-16-5-3-7-18-19(16)14-28(24(18)31)20-8-9-22(29)26-23(20)30/h1-7,20-21H,8-14,25H2,(H,26,29,30). The van der Waals surface area contributed by atoms with E-state index in [1.807, 2.05) is 12.1 Å². The molecular weight excluding hydrogens is 392 g/mol. The fourth-order valence-electron chi connectivity index (χ4n) is 5.19. The molecule has 0 aliphatic carbocycles. The van der Waals surface area contributed by atoms with Gasteiger partial charge in [0.1, 0.15) is 6.04 Å². The highest BCUT2D eigenvalue weighted by molar-refractivity contribution is 6.05. The number of nitrogens with zero attached hydrogens (tertiary/aromatic N) is 2. The van der Waals surface area contributed by atoms with Crippen molar-refractivity contribution in [3.8, 4) is 0 Å². The average Bonchev–Trinajstić information content (AvgIpc) is 3.11. The molecule has 7 heteroatoms. The summed E-state index contributed by atoms with van der Waals surface area (Å²) in [6, 6.07) is 13.8. The van der Waals surface area contributed by atoms with E-state index >= 15 is 0 Å². The fourth-order valence-corrected chi connectivity index (χ4v) is 5.19. The van der Waals surface area contributed by atoms with Gasteiger partial charge in [-0.2, -0.15) is 0 Å². The quantitative estimate of drug-likeness (QED) is 0.734. The van der Waals surface area contributed by atoms with Gasteiger partial charge >= 0.3 is 0 Å². The number of rotatable bonds is 4. The van der Waals surface area contributed by atoms with Crippen LogP contribution in [0.4, 0.5) is 0 Å². The number of hydrogen-bond acceptors (Lipinski definition) is 5. The van der Waals surface area contributed by atoms with Crippen molar-refractivity contribution in [2.75, 3.05) is 13.1 Å². The van der Waals surface area contributed by atoms with Crippen molar-refractivity contribution in [2.45, 2.75) is 44.4 Å². The molecule has 0 aromatic heterocycles. The van der Waals surface area contributed by atoms with E-state index in [2.05, 4.69) is 40.5 Å². The number of piperidine rings is 1. The first kappa shape index (κ1) is 19.9. The Morgan fingerprint density at radius 2 is 1.87 bits per heavy atom. The number of carbonyl (C=O) groups excluding carboxylic acids is 3. The lowest BCUT2D eigenvalue weighted by molar-refractivity contribution is -0.136. The summed E-state index contributed by atoms with van der Waals surface area (Å²) in [5.41, 5.74) is 11.5. The van der Waals surface area contributed by atoms with Crippen LogP contribution >= 0.6 is 0 Å². The van der Waals surface area contributed by atoms with Gasteiger partial charge in [0, 0.05) is 44.2 Å². The van der Waals surface area contributed by atoms with Crippen molar-refractivity contribution >= 4 is 17.7 Å². The molecule has 0 radical (unpaired) electrons. The minimum atomic E-state index is -0.593. The molecule has 2 atom stereocenters. The second-order valence-corrected chi connectivity index (χ2v) is 8.51. The summed E-state index contributed by atoms with van der Waals surface area (Å²) in [7, 11) is 0. The second-order valence-electron chi connectivity index (χ2n) is 8.51. The van der Waals surface area contributed by atoms with E-state index in [9.17, 15) is 14.4 Å². The number of nitrogens with two attached hydrogens (primary N) is 1. The van der Waals surface area contributed by atoms with Crippen molar-refractivity contribution < 1.29 is 14.4 Å². The summed E-state index contributed by atoms with van der Waals surface area (Å²) in [5, 5.41) is 2.36. The van der Waals surface area contributed by atoms with Crippen LogP contribution in [0.3, 0.4) is 0 Å². The SMILES string of the molecule is NCC1c2ccccc2CCN1Cc1cccc2c1CN(C1CCC(=O)NC1=O)C2=O. The molecule has 31 heavy (non-hydrogen) atoms. The molecule has 3 aliphatic heterocycles. The summed E-state index contributed by atoms with van der Waals surface area (Å²) in [5.74, 6) is -0.787. The molecule has 1 saturated heterocycles. The highest BCUT2D eigenvalue weighted by atomic mass is 16.2. The van der Waals surface area contributed by atoms with Gasteiger partial charge in [-0.25, -0.2) is 0 Å². The van der Waals surface area contributed by atoms with Crippen molar-refractivity contribution in [2.24, 2.45) is 5.73 Å². The molecule has 7 nitrogen and oxygen atoms in total. The molecule has 3 heterocycles. The van der Waals surface area contributed by atoms with E-state index in [0.717, 1.165) is 24.1 Å². The van der Waals surface area contributed by atoms with Crippen LogP contribution in [0.15, 0.2) is 42.5 Å². The zero-order valence-electron chi connectivity index (χ0n) is 17.3. The molecule has 2 unspecified atom stereocenters. The van der Waals surface area contributed by atoms with Gasteiger partial charge in [-0.05, 0) is 41.2 Å². The maximum absolute atomic E-state index is 13.1. The first-order chi connectivity index (χ1) is 15.1. The van der Waals surface area contributed by atoms with E-state index in [0.29, 0.717) is 31.6 Å². The Bertz CT molecular complexity index is 1070. The van der Waals surface area contributed by atoms with Crippen LogP contribution in [0.2, 0.25) is 0 Å². The average molecular weight is 418 g/mol. The molecule has 160 valence electrons. The van der Waals surface area contributed by atoms with Crippen molar-refractivity contribution in [1.82, 2.24) is 15.1 Å². The van der Waals surface area contributed by atoms with E-state index in [1.54, 1.807) is 4.90 Å². The Balaban J connectivity index is 1.40. The van der Waals surface area contributed by atoms with Crippen LogP contribution in [0.5, 0.6) is 0 Å². The third-order valence-corrected chi connectivity index (χ3v) is 6.80. The lowest BCUT2D eigenvalue weighted by Crippen LogP contribution is -2.52. The Morgan fingerprint density at radius 1 is 1.03 bits per heavy atom. The monoisotopic (exact) mass is 418 g/mol. The number of hydrogen-bond donors (Lipinski definition) is 2. The molecule has 3 amide bonds. The Labute approximate surface area is 181 Å². The Hall–Kier alpha value is -3.03. The molecule has 3 aliphatic rings. The third-order valence-electron chi connectivity index (χ3n) is 6.80. The van der Waals surface area contributed by atoms with Crippen molar-refractivity contribution in [1.29, 1.82) is 0 Å². The van der Waals surface area contributed by atoms with E-state index in [-0.39, 0.29) is 30.2 Å². The van der Waals surface area contributed by atoms with Gasteiger partial charge in [-0.15, -0.1) is 0 Å². The highest BCUT2D eigenvalue weighted by Crippen LogP contribution is 2.34. The van der Waals surface area contributed by atoms with Crippen LogP contribution < -0.4 is 11.1 Å². The molecular formula is C24H26N4O3. The van der Waals surface area contributed by atoms with Gasteiger partial charge in [0.15, 0.2) is 0 Å². The second kappa shape index (κ2) is 7.90. The number of amides is 3. The fraction of sp³-hybridized carbons (Fsp3) is 0.375. The number of carbonyl (C=O) groups is 3. The van der Waals surface area contributed by atoms with E-state index < -0.39 is 6.04 Å². The summed E-state index contributed by atoms with van der Waals surface area (Å²) in [6.07, 6.45) is 1.61. The largest absolute Gasteiger partial charge is 0.329 e. The van der Waals surface area contributed by atoms with Gasteiger partial charge in [-0.3, -0.25) is 24.6 Å². The van der Waals surface area contributed by atoms with Gasteiger partial charge in [0.2, 0.25) is 11.8 Å². The van der Waals surface area contributed by atoms with Gasteiger partial charge in [-0.1, -0.05) is 36.4 Å². The van der Waals surface area contributed by atoms with Crippen LogP contribution in [-0.4, -0.2) is 46.7 Å². The molecule has 0 spiro atoms. The van der Waals surface area contributed by atoms with Crippen LogP contribution in [0.1, 0.15) is 51.5 Å². The molecule has 5 rings (SSSR count). The number of nitrogens with one attached hydrogen (secondary N) is 1. The first-order valence-electron chi connectivity index (χ1n) is 10.8. The molecule has 1 fully saturated rings. The van der Waals surface area contributed by atoms with E-state index in [1.165, 1.54) is 11.1 Å². The zero-order chi connectivity index (χ0) is 21.5. The Kier molecular flexibility index (Phi) is 5.08. The predicted molar refractivity (Wildman–Crippen MR) is 115 cm³/mol. The number of benzene rings is 2. The zero-order valence-corrected chi connectivity index (χ0v) is 17.3. The maximum atomic E-state index is 13.1. The summed E-state index contributed by atoms with van der Waals surface area (Å²) < 4.78 is 0. The molecule has 2 aromatic rings. The van der Waals surface area contributed by atoms with Crippen LogP contribution in [0, 0.1) is 0 Å². The van der Waals surface area contributed by atoms with Crippen LogP contribution in [-0.2, 0) is 29.1 Å². The smallest absolute Gasteiger partial charge is 0.255 e. The van der Waals surface area contributed by atoms with Gasteiger partial charge in [0.25, 0.3) is 5.91 Å². The molecule has 0 saturated carbocycles. The number of imide groups is 1. The topological polar surface area (TPSA) is 95.7 Å². The van der Waals surface area contributed by atoms with Gasteiger partial charge in [0.05, 0.1) is 0 Å². The summed E-state index contributed by atoms with van der Waals surface area (Å²) in [6.45, 7) is 2.55. The molecule has 3 N–H and O–H groups in total. The third kappa shape index (κ3) is 3.43. The number of fused-ring (bicyclic) bond motifs is 2. The summed E-state index contributed by atoms with van der Waals surface area (Å²) >= 11 is 0. The minimum Gasteiger partial charge on any atom is -0.329 e. The maximum Gasteiger partial charge on any atom is 0.255 e. The van der Waals surface area contributed by atoms with E-state index in [4.69, 9.17) is 5.73 Å². The summed E-state index contributed by atoms with van der Waals surface area (Å²) in [4.78, 5) is 40.9. The van der Waals surface area contributed by atoms with Crippen LogP contribution in [0.25, 0.3) is 0 Å². The lowest BCUT2D eigenvalue weighted by atomic mass is 9.91. The predicted octanol–water partition coefficient (Wildman–Crippen LogP) is 1.51. The normalized spacial score (nSPS) is 23.5.